The number of aliphatic carboxylic acids is 1. The number of primary amides is 1. The van der Waals surface area contributed by atoms with E-state index in [1.54, 1.807) is 0 Å². The van der Waals surface area contributed by atoms with E-state index >= 15 is 0 Å². The number of amides is 1. The van der Waals surface area contributed by atoms with Gasteiger partial charge in [-0.05, 0) is 30.0 Å². The number of nitrogens with one attached hydrogen (secondary N) is 1. The van der Waals surface area contributed by atoms with E-state index in [1.807, 2.05) is 20.8 Å². The Morgan fingerprint density at radius 3 is 2.43 bits per heavy atom. The van der Waals surface area contributed by atoms with Crippen LogP contribution in [-0.2, 0) is 4.79 Å². The first kappa shape index (κ1) is 16.9. The topological polar surface area (TPSA) is 92.4 Å². The van der Waals surface area contributed by atoms with Crippen molar-refractivity contribution in [3.63, 3.8) is 0 Å². The lowest BCUT2D eigenvalue weighted by Crippen LogP contribution is -2.27. The highest BCUT2D eigenvalue weighted by Crippen LogP contribution is 2.25. The SMILES string of the molecule is CC(C)(C)CC(CNc1ccc(C(N)=O)cc1F)C(=O)O. The lowest BCUT2D eigenvalue weighted by Gasteiger charge is -2.23. The van der Waals surface area contributed by atoms with E-state index in [1.165, 1.54) is 12.1 Å². The fourth-order valence-electron chi connectivity index (χ4n) is 2.03. The average Bonchev–Trinajstić information content (AvgIpc) is 2.33. The minimum Gasteiger partial charge on any atom is -0.481 e. The number of halogens is 1. The molecule has 0 saturated heterocycles. The molecule has 1 aromatic rings. The molecule has 1 unspecified atom stereocenters. The normalized spacial score (nSPS) is 12.8. The molecule has 116 valence electrons. The Morgan fingerprint density at radius 1 is 1.38 bits per heavy atom. The Bertz CT molecular complexity index is 538. The molecule has 0 spiro atoms. The van der Waals surface area contributed by atoms with Crippen molar-refractivity contribution >= 4 is 17.6 Å². The van der Waals surface area contributed by atoms with E-state index in [0.717, 1.165) is 6.07 Å². The Labute approximate surface area is 123 Å². The first-order chi connectivity index (χ1) is 9.60. The minimum atomic E-state index is -0.924. The summed E-state index contributed by atoms with van der Waals surface area (Å²) in [5, 5.41) is 12.0. The van der Waals surface area contributed by atoms with Crippen LogP contribution in [0.2, 0.25) is 0 Å². The van der Waals surface area contributed by atoms with E-state index in [-0.39, 0.29) is 23.2 Å². The number of benzene rings is 1. The van der Waals surface area contributed by atoms with Crippen LogP contribution in [0.1, 0.15) is 37.6 Å². The summed E-state index contributed by atoms with van der Waals surface area (Å²) in [7, 11) is 0. The van der Waals surface area contributed by atoms with Gasteiger partial charge in [-0.3, -0.25) is 9.59 Å². The van der Waals surface area contributed by atoms with Crippen LogP contribution >= 0.6 is 0 Å². The number of nitrogens with two attached hydrogens (primary N) is 1. The van der Waals surface area contributed by atoms with Gasteiger partial charge in [0.1, 0.15) is 5.82 Å². The number of anilines is 1. The van der Waals surface area contributed by atoms with Crippen LogP contribution in [0.4, 0.5) is 10.1 Å². The van der Waals surface area contributed by atoms with Gasteiger partial charge in [-0.1, -0.05) is 20.8 Å². The van der Waals surface area contributed by atoms with Crippen molar-refractivity contribution in [3.8, 4) is 0 Å². The summed E-state index contributed by atoms with van der Waals surface area (Å²) in [6, 6.07) is 3.81. The van der Waals surface area contributed by atoms with E-state index < -0.39 is 23.6 Å². The van der Waals surface area contributed by atoms with Gasteiger partial charge in [0, 0.05) is 12.1 Å². The zero-order valence-electron chi connectivity index (χ0n) is 12.4. The van der Waals surface area contributed by atoms with Crippen LogP contribution in [0.3, 0.4) is 0 Å². The molecule has 6 heteroatoms. The van der Waals surface area contributed by atoms with Gasteiger partial charge in [0.25, 0.3) is 0 Å². The van der Waals surface area contributed by atoms with Gasteiger partial charge in [-0.2, -0.15) is 0 Å². The average molecular weight is 296 g/mol. The number of carboxylic acids is 1. The molecule has 0 fully saturated rings. The number of carbonyl (C=O) groups excluding carboxylic acids is 1. The van der Waals surface area contributed by atoms with Crippen LogP contribution < -0.4 is 11.1 Å². The molecule has 5 nitrogen and oxygen atoms in total. The molecule has 1 amide bonds. The predicted octanol–water partition coefficient (Wildman–Crippen LogP) is 2.47. The highest BCUT2D eigenvalue weighted by molar-refractivity contribution is 5.93. The number of hydrogen-bond acceptors (Lipinski definition) is 3. The maximum atomic E-state index is 13.8. The lowest BCUT2D eigenvalue weighted by molar-refractivity contribution is -0.142. The van der Waals surface area contributed by atoms with Crippen LogP contribution in [0.15, 0.2) is 18.2 Å². The Morgan fingerprint density at radius 2 is 2.00 bits per heavy atom. The number of hydrogen-bond donors (Lipinski definition) is 3. The standard InChI is InChI=1S/C15H21FN2O3/c1-15(2,3)7-10(14(20)21)8-18-12-5-4-9(13(17)19)6-11(12)16/h4-6,10,18H,7-8H2,1-3H3,(H2,17,19)(H,20,21). The highest BCUT2D eigenvalue weighted by Gasteiger charge is 2.24. The molecule has 1 rings (SSSR count). The monoisotopic (exact) mass is 296 g/mol. The zero-order chi connectivity index (χ0) is 16.2. The minimum absolute atomic E-state index is 0.0718. The maximum absolute atomic E-state index is 13.8. The summed E-state index contributed by atoms with van der Waals surface area (Å²) in [4.78, 5) is 22.2. The quantitative estimate of drug-likeness (QED) is 0.752. The first-order valence-electron chi connectivity index (χ1n) is 6.66. The van der Waals surface area contributed by atoms with Crippen molar-refractivity contribution in [2.75, 3.05) is 11.9 Å². The molecular formula is C15H21FN2O3. The molecule has 0 radical (unpaired) electrons. The van der Waals surface area contributed by atoms with Crippen LogP contribution in [-0.4, -0.2) is 23.5 Å². The number of carbonyl (C=O) groups is 2. The number of carboxylic acid groups (broad SMARTS) is 1. The highest BCUT2D eigenvalue weighted by atomic mass is 19.1. The predicted molar refractivity (Wildman–Crippen MR) is 78.6 cm³/mol. The fourth-order valence-corrected chi connectivity index (χ4v) is 2.03. The summed E-state index contributed by atoms with van der Waals surface area (Å²) in [6.45, 7) is 5.96. The summed E-state index contributed by atoms with van der Waals surface area (Å²) in [6.07, 6.45) is 0.469. The van der Waals surface area contributed by atoms with Gasteiger partial charge in [0.15, 0.2) is 0 Å². The molecular weight excluding hydrogens is 275 g/mol. The summed E-state index contributed by atoms with van der Waals surface area (Å²) >= 11 is 0. The van der Waals surface area contributed by atoms with Gasteiger partial charge >= 0.3 is 5.97 Å². The molecule has 21 heavy (non-hydrogen) atoms. The Kier molecular flexibility index (Phi) is 5.29. The molecule has 4 N–H and O–H groups in total. The van der Waals surface area contributed by atoms with Crippen molar-refractivity contribution in [1.82, 2.24) is 0 Å². The second-order valence-electron chi connectivity index (χ2n) is 6.24. The molecule has 0 bridgehead atoms. The van der Waals surface area contributed by atoms with E-state index in [2.05, 4.69) is 5.32 Å². The van der Waals surface area contributed by atoms with Crippen molar-refractivity contribution in [2.45, 2.75) is 27.2 Å². The van der Waals surface area contributed by atoms with Crippen LogP contribution in [0.25, 0.3) is 0 Å². The van der Waals surface area contributed by atoms with E-state index in [4.69, 9.17) is 5.73 Å². The van der Waals surface area contributed by atoms with Crippen molar-refractivity contribution < 1.29 is 19.1 Å². The third kappa shape index (κ3) is 5.41. The second-order valence-corrected chi connectivity index (χ2v) is 6.24. The molecule has 0 heterocycles. The van der Waals surface area contributed by atoms with Crippen molar-refractivity contribution in [3.05, 3.63) is 29.6 Å². The maximum Gasteiger partial charge on any atom is 0.308 e. The molecule has 1 aromatic carbocycles. The second kappa shape index (κ2) is 6.56. The van der Waals surface area contributed by atoms with Crippen molar-refractivity contribution in [1.29, 1.82) is 0 Å². The summed E-state index contributed by atoms with van der Waals surface area (Å²) < 4.78 is 13.8. The summed E-state index contributed by atoms with van der Waals surface area (Å²) in [5.41, 5.74) is 5.15. The van der Waals surface area contributed by atoms with Gasteiger partial charge in [-0.15, -0.1) is 0 Å². The Balaban J connectivity index is 2.77. The smallest absolute Gasteiger partial charge is 0.308 e. The first-order valence-corrected chi connectivity index (χ1v) is 6.66. The largest absolute Gasteiger partial charge is 0.481 e. The van der Waals surface area contributed by atoms with Gasteiger partial charge in [0.05, 0.1) is 11.6 Å². The third-order valence-electron chi connectivity index (χ3n) is 3.00. The molecule has 1 atom stereocenters. The van der Waals surface area contributed by atoms with E-state index in [9.17, 15) is 19.1 Å². The van der Waals surface area contributed by atoms with Gasteiger partial charge in [-0.25, -0.2) is 4.39 Å². The molecule has 0 aliphatic rings. The van der Waals surface area contributed by atoms with Gasteiger partial charge in [0.2, 0.25) is 5.91 Å². The Hall–Kier alpha value is -2.11. The van der Waals surface area contributed by atoms with Crippen molar-refractivity contribution in [2.24, 2.45) is 17.1 Å². The molecule has 0 aliphatic heterocycles. The zero-order valence-corrected chi connectivity index (χ0v) is 12.4. The molecule has 0 saturated carbocycles. The van der Waals surface area contributed by atoms with Crippen LogP contribution in [0, 0.1) is 17.2 Å². The third-order valence-corrected chi connectivity index (χ3v) is 3.00. The van der Waals surface area contributed by atoms with Crippen LogP contribution in [0.5, 0.6) is 0 Å². The summed E-state index contributed by atoms with van der Waals surface area (Å²) in [5.74, 6) is -2.89. The molecule has 0 aliphatic carbocycles. The lowest BCUT2D eigenvalue weighted by atomic mass is 9.84. The van der Waals surface area contributed by atoms with Gasteiger partial charge < -0.3 is 16.2 Å². The fraction of sp³-hybridized carbons (Fsp3) is 0.467. The van der Waals surface area contributed by atoms with E-state index in [0.29, 0.717) is 6.42 Å². The number of rotatable bonds is 6. The molecule has 0 aromatic heterocycles.